The molecule has 0 amide bonds. The van der Waals surface area contributed by atoms with Gasteiger partial charge in [-0.3, -0.25) is 0 Å². The molecule has 2 heterocycles. The number of nitriles is 1. The first kappa shape index (κ1) is 12.4. The van der Waals surface area contributed by atoms with Crippen molar-refractivity contribution in [1.82, 2.24) is 14.8 Å². The number of benzene rings is 1. The van der Waals surface area contributed by atoms with Gasteiger partial charge < -0.3 is 15.4 Å². The number of rotatable bonds is 2. The number of nitrogens with zero attached hydrogens (tertiary/aromatic N) is 5. The van der Waals surface area contributed by atoms with Crippen molar-refractivity contribution in [3.05, 3.63) is 29.8 Å². The Kier molecular flexibility index (Phi) is 3.23. The summed E-state index contributed by atoms with van der Waals surface area (Å²) in [7, 11) is 0. The lowest BCUT2D eigenvalue weighted by molar-refractivity contribution is 0.122. The highest BCUT2D eigenvalue weighted by Gasteiger charge is 2.17. The Bertz CT molecular complexity index is 653. The first-order valence-corrected chi connectivity index (χ1v) is 6.34. The maximum atomic E-state index is 8.94. The molecular weight excluding hydrogens is 256 g/mol. The fourth-order valence-corrected chi connectivity index (χ4v) is 2.11. The molecule has 7 heteroatoms. The topological polar surface area (TPSA) is 93.0 Å². The molecule has 1 aromatic heterocycles. The van der Waals surface area contributed by atoms with Gasteiger partial charge in [-0.15, -0.1) is 5.10 Å². The minimum Gasteiger partial charge on any atom is -0.378 e. The third-order valence-corrected chi connectivity index (χ3v) is 3.13. The SMILES string of the molecule is N#Cc1cccc(-n2nc(N3CCOCC3)nc2N)c1. The van der Waals surface area contributed by atoms with Crippen LogP contribution in [-0.2, 0) is 4.74 Å². The molecule has 0 saturated carbocycles. The van der Waals surface area contributed by atoms with Gasteiger partial charge in [0.1, 0.15) is 0 Å². The predicted molar refractivity (Wildman–Crippen MR) is 73.5 cm³/mol. The zero-order valence-electron chi connectivity index (χ0n) is 10.9. The fraction of sp³-hybridized carbons (Fsp3) is 0.308. The molecule has 0 aliphatic carbocycles. The average molecular weight is 270 g/mol. The highest BCUT2D eigenvalue weighted by Crippen LogP contribution is 2.18. The minimum absolute atomic E-state index is 0.307. The number of ether oxygens (including phenoxy) is 1. The summed E-state index contributed by atoms with van der Waals surface area (Å²) in [6.45, 7) is 2.83. The molecule has 1 saturated heterocycles. The van der Waals surface area contributed by atoms with Crippen molar-refractivity contribution in [3.63, 3.8) is 0 Å². The molecule has 0 radical (unpaired) electrons. The lowest BCUT2D eigenvalue weighted by Crippen LogP contribution is -2.37. The zero-order valence-corrected chi connectivity index (χ0v) is 10.9. The van der Waals surface area contributed by atoms with E-state index in [0.29, 0.717) is 30.7 Å². The van der Waals surface area contributed by atoms with Crippen LogP contribution in [0.15, 0.2) is 24.3 Å². The molecule has 3 rings (SSSR count). The Morgan fingerprint density at radius 3 is 2.85 bits per heavy atom. The molecule has 1 aliphatic heterocycles. The molecule has 7 nitrogen and oxygen atoms in total. The van der Waals surface area contributed by atoms with Crippen molar-refractivity contribution in [3.8, 4) is 11.8 Å². The van der Waals surface area contributed by atoms with Crippen LogP contribution in [0.2, 0.25) is 0 Å². The van der Waals surface area contributed by atoms with Crippen molar-refractivity contribution in [2.45, 2.75) is 0 Å². The first-order valence-electron chi connectivity index (χ1n) is 6.34. The van der Waals surface area contributed by atoms with E-state index >= 15 is 0 Å². The lowest BCUT2D eigenvalue weighted by atomic mass is 10.2. The first-order chi connectivity index (χ1) is 9.78. The van der Waals surface area contributed by atoms with Gasteiger partial charge in [0.15, 0.2) is 0 Å². The van der Waals surface area contributed by atoms with Crippen LogP contribution in [0.4, 0.5) is 11.9 Å². The van der Waals surface area contributed by atoms with Crippen molar-refractivity contribution in [2.75, 3.05) is 36.9 Å². The van der Waals surface area contributed by atoms with Gasteiger partial charge in [-0.25, -0.2) is 0 Å². The van der Waals surface area contributed by atoms with Gasteiger partial charge in [0, 0.05) is 13.1 Å². The second-order valence-corrected chi connectivity index (χ2v) is 4.44. The summed E-state index contributed by atoms with van der Waals surface area (Å²) in [4.78, 5) is 6.32. The Morgan fingerprint density at radius 1 is 1.30 bits per heavy atom. The van der Waals surface area contributed by atoms with Gasteiger partial charge in [-0.05, 0) is 18.2 Å². The molecule has 2 N–H and O–H groups in total. The van der Waals surface area contributed by atoms with Crippen LogP contribution in [0.3, 0.4) is 0 Å². The van der Waals surface area contributed by atoms with E-state index in [-0.39, 0.29) is 0 Å². The zero-order chi connectivity index (χ0) is 13.9. The third-order valence-electron chi connectivity index (χ3n) is 3.13. The molecular formula is C13H14N6O. The molecule has 1 aliphatic rings. The number of nitrogens with two attached hydrogens (primary N) is 1. The van der Waals surface area contributed by atoms with Gasteiger partial charge in [-0.2, -0.15) is 14.9 Å². The van der Waals surface area contributed by atoms with E-state index in [1.54, 1.807) is 22.9 Å². The van der Waals surface area contributed by atoms with Crippen LogP contribution >= 0.6 is 0 Å². The minimum atomic E-state index is 0.307. The molecule has 0 unspecified atom stereocenters. The van der Waals surface area contributed by atoms with E-state index in [4.69, 9.17) is 15.7 Å². The van der Waals surface area contributed by atoms with E-state index in [0.717, 1.165) is 18.8 Å². The van der Waals surface area contributed by atoms with Crippen molar-refractivity contribution in [1.29, 1.82) is 5.26 Å². The molecule has 0 bridgehead atoms. The normalized spacial score (nSPS) is 15.1. The van der Waals surface area contributed by atoms with Crippen LogP contribution < -0.4 is 10.6 Å². The van der Waals surface area contributed by atoms with E-state index < -0.39 is 0 Å². The average Bonchev–Trinajstić information content (AvgIpc) is 2.90. The van der Waals surface area contributed by atoms with Gasteiger partial charge in [0.25, 0.3) is 0 Å². The summed E-state index contributed by atoms with van der Waals surface area (Å²) in [5.74, 6) is 0.898. The van der Waals surface area contributed by atoms with E-state index in [2.05, 4.69) is 16.2 Å². The van der Waals surface area contributed by atoms with Crippen molar-refractivity contribution < 1.29 is 4.74 Å². The summed E-state index contributed by atoms with van der Waals surface area (Å²) in [5, 5.41) is 13.4. The Labute approximate surface area is 116 Å². The summed E-state index contributed by atoms with van der Waals surface area (Å²) in [6, 6.07) is 9.20. The summed E-state index contributed by atoms with van der Waals surface area (Å²) >= 11 is 0. The number of morpholine rings is 1. The quantitative estimate of drug-likeness (QED) is 0.857. The van der Waals surface area contributed by atoms with E-state index in [1.807, 2.05) is 11.0 Å². The van der Waals surface area contributed by atoms with E-state index in [1.165, 1.54) is 0 Å². The fourth-order valence-electron chi connectivity index (χ4n) is 2.11. The smallest absolute Gasteiger partial charge is 0.247 e. The summed E-state index contributed by atoms with van der Waals surface area (Å²) in [5.41, 5.74) is 7.21. The van der Waals surface area contributed by atoms with Gasteiger partial charge in [0.05, 0.1) is 30.5 Å². The number of hydrogen-bond acceptors (Lipinski definition) is 6. The maximum Gasteiger partial charge on any atom is 0.247 e. The number of aromatic nitrogens is 3. The number of anilines is 2. The predicted octanol–water partition coefficient (Wildman–Crippen LogP) is 0.558. The Hall–Kier alpha value is -2.59. The largest absolute Gasteiger partial charge is 0.378 e. The van der Waals surface area contributed by atoms with Gasteiger partial charge >= 0.3 is 0 Å². The van der Waals surface area contributed by atoms with Crippen LogP contribution in [0.25, 0.3) is 5.69 Å². The van der Waals surface area contributed by atoms with Crippen LogP contribution in [-0.4, -0.2) is 41.1 Å². The standard InChI is InChI=1S/C13H14N6O/c14-9-10-2-1-3-11(8-10)19-12(15)16-13(17-19)18-4-6-20-7-5-18/h1-3,8H,4-7H2,(H2,15,16,17). The highest BCUT2D eigenvalue weighted by atomic mass is 16.5. The number of hydrogen-bond donors (Lipinski definition) is 1. The van der Waals surface area contributed by atoms with Crippen LogP contribution in [0.5, 0.6) is 0 Å². The van der Waals surface area contributed by atoms with Crippen molar-refractivity contribution >= 4 is 11.9 Å². The second kappa shape index (κ2) is 5.19. The Morgan fingerprint density at radius 2 is 2.10 bits per heavy atom. The van der Waals surface area contributed by atoms with Crippen molar-refractivity contribution in [2.24, 2.45) is 0 Å². The molecule has 0 spiro atoms. The van der Waals surface area contributed by atoms with Gasteiger partial charge in [0.2, 0.25) is 11.9 Å². The van der Waals surface area contributed by atoms with Crippen LogP contribution in [0.1, 0.15) is 5.56 Å². The second-order valence-electron chi connectivity index (χ2n) is 4.44. The summed E-state index contributed by atoms with van der Waals surface area (Å²) in [6.07, 6.45) is 0. The molecule has 2 aromatic rings. The third kappa shape index (κ3) is 2.29. The maximum absolute atomic E-state index is 8.94. The molecule has 20 heavy (non-hydrogen) atoms. The molecule has 0 atom stereocenters. The lowest BCUT2D eigenvalue weighted by Gasteiger charge is -2.25. The monoisotopic (exact) mass is 270 g/mol. The van der Waals surface area contributed by atoms with E-state index in [9.17, 15) is 0 Å². The van der Waals surface area contributed by atoms with Crippen LogP contribution in [0, 0.1) is 11.3 Å². The molecule has 1 fully saturated rings. The van der Waals surface area contributed by atoms with Gasteiger partial charge in [-0.1, -0.05) is 6.07 Å². The Balaban J connectivity index is 1.94. The highest BCUT2D eigenvalue weighted by molar-refractivity contribution is 5.46. The molecule has 1 aromatic carbocycles. The molecule has 102 valence electrons. The summed E-state index contributed by atoms with van der Waals surface area (Å²) < 4.78 is 6.85. The number of nitrogen functional groups attached to an aromatic ring is 1.